The minimum Gasteiger partial charge on any atom is -0.481 e. The third-order valence-corrected chi connectivity index (χ3v) is 3.90. The first-order chi connectivity index (χ1) is 8.41. The zero-order valence-electron chi connectivity index (χ0n) is 11.5. The second-order valence-corrected chi connectivity index (χ2v) is 5.45. The second kappa shape index (κ2) is 6.61. The normalized spacial score (nSPS) is 25.6. The van der Waals surface area contributed by atoms with Crippen molar-refractivity contribution < 1.29 is 14.7 Å². The molecule has 0 saturated carbocycles. The van der Waals surface area contributed by atoms with E-state index in [9.17, 15) is 9.59 Å². The summed E-state index contributed by atoms with van der Waals surface area (Å²) in [6.07, 6.45) is 1.51. The molecule has 3 atom stereocenters. The van der Waals surface area contributed by atoms with Gasteiger partial charge in [-0.3, -0.25) is 4.79 Å². The van der Waals surface area contributed by atoms with Crippen LogP contribution in [0.1, 0.15) is 33.6 Å². The first-order valence-electron chi connectivity index (χ1n) is 6.67. The fraction of sp³-hybridized carbons (Fsp3) is 0.846. The Kier molecular flexibility index (Phi) is 5.44. The molecule has 1 aliphatic rings. The molecule has 0 aromatic heterocycles. The number of piperidine rings is 1. The molecule has 2 N–H and O–H groups in total. The minimum atomic E-state index is -0.815. The number of aliphatic carboxylic acids is 1. The number of hydrogen-bond acceptors (Lipinski definition) is 2. The molecular weight excluding hydrogens is 232 g/mol. The molecule has 5 nitrogen and oxygen atoms in total. The Morgan fingerprint density at radius 1 is 1.39 bits per heavy atom. The third kappa shape index (κ3) is 4.20. The molecule has 2 amide bonds. The second-order valence-electron chi connectivity index (χ2n) is 5.45. The van der Waals surface area contributed by atoms with Crippen LogP contribution in [0.5, 0.6) is 0 Å². The van der Waals surface area contributed by atoms with Gasteiger partial charge in [-0.25, -0.2) is 4.79 Å². The van der Waals surface area contributed by atoms with Gasteiger partial charge in [0.05, 0.1) is 5.92 Å². The third-order valence-electron chi connectivity index (χ3n) is 3.90. The molecule has 1 heterocycles. The van der Waals surface area contributed by atoms with Crippen LogP contribution in [0.3, 0.4) is 0 Å². The summed E-state index contributed by atoms with van der Waals surface area (Å²) in [7, 11) is 0. The van der Waals surface area contributed by atoms with Crippen LogP contribution >= 0.6 is 0 Å². The van der Waals surface area contributed by atoms with Crippen molar-refractivity contribution in [1.29, 1.82) is 0 Å². The predicted molar refractivity (Wildman–Crippen MR) is 69.3 cm³/mol. The molecule has 0 spiro atoms. The van der Waals surface area contributed by atoms with Gasteiger partial charge < -0.3 is 15.3 Å². The largest absolute Gasteiger partial charge is 0.481 e. The number of urea groups is 1. The Hall–Kier alpha value is -1.26. The topological polar surface area (TPSA) is 69.6 Å². The Bertz CT molecular complexity index is 307. The molecule has 1 aliphatic heterocycles. The predicted octanol–water partition coefficient (Wildman–Crippen LogP) is 1.78. The molecule has 1 saturated heterocycles. The highest BCUT2D eigenvalue weighted by atomic mass is 16.4. The van der Waals surface area contributed by atoms with Crippen LogP contribution in [0.2, 0.25) is 0 Å². The van der Waals surface area contributed by atoms with Crippen molar-refractivity contribution in [2.45, 2.75) is 33.6 Å². The molecule has 3 unspecified atom stereocenters. The van der Waals surface area contributed by atoms with Crippen molar-refractivity contribution in [3.8, 4) is 0 Å². The van der Waals surface area contributed by atoms with E-state index in [0.29, 0.717) is 24.8 Å². The van der Waals surface area contributed by atoms with Crippen molar-refractivity contribution in [1.82, 2.24) is 10.2 Å². The van der Waals surface area contributed by atoms with Gasteiger partial charge in [-0.1, -0.05) is 20.8 Å². The van der Waals surface area contributed by atoms with E-state index in [2.05, 4.69) is 19.2 Å². The lowest BCUT2D eigenvalue weighted by Crippen LogP contribution is -2.47. The Morgan fingerprint density at radius 3 is 2.61 bits per heavy atom. The summed E-state index contributed by atoms with van der Waals surface area (Å²) in [4.78, 5) is 24.3. The highest BCUT2D eigenvalue weighted by molar-refractivity contribution is 5.74. The number of carbonyl (C=O) groups excluding carboxylic acids is 1. The number of nitrogens with one attached hydrogen (secondary N) is 1. The average molecular weight is 256 g/mol. The number of rotatable bonds is 4. The highest BCUT2D eigenvalue weighted by Crippen LogP contribution is 2.22. The highest BCUT2D eigenvalue weighted by Gasteiger charge is 2.25. The van der Waals surface area contributed by atoms with Gasteiger partial charge in [0.2, 0.25) is 0 Å². The zero-order chi connectivity index (χ0) is 13.7. The fourth-order valence-corrected chi connectivity index (χ4v) is 2.08. The van der Waals surface area contributed by atoms with Crippen molar-refractivity contribution >= 4 is 12.0 Å². The minimum absolute atomic E-state index is 0.0636. The van der Waals surface area contributed by atoms with Crippen molar-refractivity contribution in [2.75, 3.05) is 19.6 Å². The number of hydrogen-bond donors (Lipinski definition) is 2. The van der Waals surface area contributed by atoms with E-state index in [4.69, 9.17) is 5.11 Å². The summed E-state index contributed by atoms with van der Waals surface area (Å²) in [5.74, 6) is -0.0289. The number of amides is 2. The van der Waals surface area contributed by atoms with E-state index >= 15 is 0 Å². The molecule has 0 radical (unpaired) electrons. The first-order valence-corrected chi connectivity index (χ1v) is 6.67. The maximum atomic E-state index is 11.9. The van der Waals surface area contributed by atoms with Gasteiger partial charge in [-0.05, 0) is 24.7 Å². The van der Waals surface area contributed by atoms with E-state index in [1.807, 2.05) is 4.90 Å². The molecule has 1 rings (SSSR count). The maximum absolute atomic E-state index is 11.9. The lowest BCUT2D eigenvalue weighted by atomic mass is 9.89. The standard InChI is InChI=1S/C13H24N2O3/c1-9-5-7-15(8-11(9)3)13(18)14-6-4-10(2)12(16)17/h9-11H,4-8H2,1-3H3,(H,14,18)(H,16,17). The number of carbonyl (C=O) groups is 2. The van der Waals surface area contributed by atoms with Gasteiger partial charge in [0.1, 0.15) is 0 Å². The van der Waals surface area contributed by atoms with Crippen LogP contribution in [0, 0.1) is 17.8 Å². The van der Waals surface area contributed by atoms with Gasteiger partial charge in [-0.15, -0.1) is 0 Å². The van der Waals surface area contributed by atoms with Crippen LogP contribution in [0.15, 0.2) is 0 Å². The van der Waals surface area contributed by atoms with Crippen molar-refractivity contribution in [3.05, 3.63) is 0 Å². The van der Waals surface area contributed by atoms with E-state index in [-0.39, 0.29) is 6.03 Å². The first kappa shape index (κ1) is 14.8. The summed E-state index contributed by atoms with van der Waals surface area (Å²) in [6, 6.07) is -0.0636. The van der Waals surface area contributed by atoms with Crippen molar-refractivity contribution in [3.63, 3.8) is 0 Å². The number of carboxylic acids is 1. The van der Waals surface area contributed by atoms with Gasteiger partial charge in [0.15, 0.2) is 0 Å². The summed E-state index contributed by atoms with van der Waals surface area (Å²) in [5, 5.41) is 11.5. The molecule has 104 valence electrons. The van der Waals surface area contributed by atoms with Gasteiger partial charge in [0.25, 0.3) is 0 Å². The lowest BCUT2D eigenvalue weighted by molar-refractivity contribution is -0.141. The number of nitrogens with zero attached hydrogens (tertiary/aromatic N) is 1. The van der Waals surface area contributed by atoms with Crippen LogP contribution in [-0.2, 0) is 4.79 Å². The quantitative estimate of drug-likeness (QED) is 0.805. The molecule has 18 heavy (non-hydrogen) atoms. The van der Waals surface area contributed by atoms with E-state index in [1.54, 1.807) is 6.92 Å². The van der Waals surface area contributed by atoms with Crippen LogP contribution in [0.4, 0.5) is 4.79 Å². The molecule has 0 bridgehead atoms. The summed E-state index contributed by atoms with van der Waals surface area (Å²) < 4.78 is 0. The lowest BCUT2D eigenvalue weighted by Gasteiger charge is -2.35. The van der Waals surface area contributed by atoms with Crippen molar-refractivity contribution in [2.24, 2.45) is 17.8 Å². The summed E-state index contributed by atoms with van der Waals surface area (Å²) >= 11 is 0. The Labute approximate surface area is 109 Å². The molecule has 5 heteroatoms. The SMILES string of the molecule is CC(CCNC(=O)N1CCC(C)C(C)C1)C(=O)O. The molecule has 0 aromatic rings. The molecule has 0 aromatic carbocycles. The van der Waals surface area contributed by atoms with E-state index < -0.39 is 11.9 Å². The average Bonchev–Trinajstić information content (AvgIpc) is 2.32. The monoisotopic (exact) mass is 256 g/mol. The van der Waals surface area contributed by atoms with Gasteiger partial charge >= 0.3 is 12.0 Å². The fourth-order valence-electron chi connectivity index (χ4n) is 2.08. The summed E-state index contributed by atoms with van der Waals surface area (Å²) in [6.45, 7) is 8.05. The Balaban J connectivity index is 2.27. The molecule has 0 aliphatic carbocycles. The molecule has 1 fully saturated rings. The van der Waals surface area contributed by atoms with Crippen LogP contribution in [-0.4, -0.2) is 41.6 Å². The van der Waals surface area contributed by atoms with Gasteiger partial charge in [-0.2, -0.15) is 0 Å². The smallest absolute Gasteiger partial charge is 0.317 e. The summed E-state index contributed by atoms with van der Waals surface area (Å²) in [5.41, 5.74) is 0. The van der Waals surface area contributed by atoms with Crippen LogP contribution in [0.25, 0.3) is 0 Å². The van der Waals surface area contributed by atoms with Crippen LogP contribution < -0.4 is 5.32 Å². The number of likely N-dealkylation sites (tertiary alicyclic amines) is 1. The Morgan fingerprint density at radius 2 is 2.06 bits per heavy atom. The maximum Gasteiger partial charge on any atom is 0.317 e. The molecular formula is C13H24N2O3. The zero-order valence-corrected chi connectivity index (χ0v) is 11.5. The number of carboxylic acid groups (broad SMARTS) is 1. The van der Waals surface area contributed by atoms with Gasteiger partial charge in [0, 0.05) is 19.6 Å². The van der Waals surface area contributed by atoms with E-state index in [0.717, 1.165) is 19.5 Å². The van der Waals surface area contributed by atoms with E-state index in [1.165, 1.54) is 0 Å².